The summed E-state index contributed by atoms with van der Waals surface area (Å²) in [5.41, 5.74) is 2.92. The Morgan fingerprint density at radius 2 is 1.62 bits per heavy atom. The molecule has 5 heterocycles. The number of imidazole rings is 2. The fraction of sp³-hybridized carbons (Fsp3) is 0.571. The minimum atomic E-state index is -0.599. The number of aromatic nitrogens is 6. The number of morpholine rings is 1. The van der Waals surface area contributed by atoms with E-state index in [0.717, 1.165) is 85.4 Å². The molecule has 0 radical (unpaired) electrons. The van der Waals surface area contributed by atoms with E-state index in [2.05, 4.69) is 36.8 Å². The van der Waals surface area contributed by atoms with Crippen LogP contribution in [0.3, 0.4) is 0 Å². The Hall–Kier alpha value is -3.16. The van der Waals surface area contributed by atoms with Crippen LogP contribution in [0.5, 0.6) is 0 Å². The third-order valence-corrected chi connectivity index (χ3v) is 8.42. The molecule has 2 aliphatic heterocycles. The molecule has 2 N–H and O–H groups in total. The maximum absolute atomic E-state index is 9.81. The van der Waals surface area contributed by atoms with Crippen molar-refractivity contribution in [2.24, 2.45) is 7.05 Å². The molecule has 40 heavy (non-hydrogen) atoms. The summed E-state index contributed by atoms with van der Waals surface area (Å²) in [6, 6.07) is 8.12. The monoisotopic (exact) mass is 549 g/mol. The van der Waals surface area contributed by atoms with Gasteiger partial charge in [-0.25, -0.2) is 9.97 Å². The van der Waals surface area contributed by atoms with Crippen LogP contribution in [-0.4, -0.2) is 120 Å². The molecule has 0 saturated carbocycles. The van der Waals surface area contributed by atoms with Crippen LogP contribution in [0, 0.1) is 0 Å². The standard InChI is InChI=1S/C28H39N9O3/c1-4-22-29-20-7-5-6-8-21(20)37(22)27-31-25-24(26(32-27)35-13-15-40-16-14-35)30-23(33(25)3)17-34-9-11-36(12-10-34)28(2,18-38)19-39/h5-8,38-39H,4,9-19H2,1-3H3. The van der Waals surface area contributed by atoms with Gasteiger partial charge in [0, 0.05) is 52.7 Å². The highest BCUT2D eigenvalue weighted by Gasteiger charge is 2.33. The molecular formula is C28H39N9O3. The molecule has 12 heteroatoms. The van der Waals surface area contributed by atoms with E-state index in [9.17, 15) is 10.2 Å². The molecule has 12 nitrogen and oxygen atoms in total. The van der Waals surface area contributed by atoms with Crippen molar-refractivity contribution in [2.75, 3.05) is 70.6 Å². The van der Waals surface area contributed by atoms with E-state index in [4.69, 9.17) is 24.7 Å². The van der Waals surface area contributed by atoms with Crippen molar-refractivity contribution in [3.63, 3.8) is 0 Å². The summed E-state index contributed by atoms with van der Waals surface area (Å²) in [6.07, 6.45) is 0.761. The Morgan fingerprint density at radius 1 is 0.900 bits per heavy atom. The molecule has 3 aromatic heterocycles. The lowest BCUT2D eigenvalue weighted by molar-refractivity contribution is -0.0279. The van der Waals surface area contributed by atoms with E-state index in [1.807, 2.05) is 32.2 Å². The van der Waals surface area contributed by atoms with Gasteiger partial charge in [-0.05, 0) is 19.1 Å². The summed E-state index contributed by atoms with van der Waals surface area (Å²) in [6.45, 7) is 10.6. The summed E-state index contributed by atoms with van der Waals surface area (Å²) in [5.74, 6) is 3.29. The molecule has 0 amide bonds. The molecule has 2 saturated heterocycles. The number of aryl methyl sites for hydroxylation is 2. The predicted molar refractivity (Wildman–Crippen MR) is 153 cm³/mol. The molecule has 0 spiro atoms. The Kier molecular flexibility index (Phi) is 7.44. The zero-order chi connectivity index (χ0) is 27.9. The number of piperazine rings is 1. The largest absolute Gasteiger partial charge is 0.394 e. The third kappa shape index (κ3) is 4.73. The van der Waals surface area contributed by atoms with E-state index in [1.165, 1.54) is 0 Å². The molecule has 0 unspecified atom stereocenters. The highest BCUT2D eigenvalue weighted by molar-refractivity contribution is 5.86. The van der Waals surface area contributed by atoms with Gasteiger partial charge in [0.25, 0.3) is 0 Å². The van der Waals surface area contributed by atoms with Crippen molar-refractivity contribution < 1.29 is 14.9 Å². The lowest BCUT2D eigenvalue weighted by Crippen LogP contribution is -2.59. The minimum absolute atomic E-state index is 0.0640. The SMILES string of the molecule is CCc1nc2ccccc2n1-c1nc(N2CCOCC2)c2nc(CN3CCN(C(C)(CO)CO)CC3)n(C)c2n1. The van der Waals surface area contributed by atoms with E-state index >= 15 is 0 Å². The number of benzene rings is 1. The summed E-state index contributed by atoms with van der Waals surface area (Å²) in [7, 11) is 2.03. The van der Waals surface area contributed by atoms with Crippen LogP contribution in [0.15, 0.2) is 24.3 Å². The number of aliphatic hydroxyl groups excluding tert-OH is 2. The van der Waals surface area contributed by atoms with Gasteiger partial charge in [-0.15, -0.1) is 0 Å². The molecule has 2 aliphatic rings. The van der Waals surface area contributed by atoms with Crippen molar-refractivity contribution in [1.82, 2.24) is 38.9 Å². The van der Waals surface area contributed by atoms with E-state index in [1.54, 1.807) is 0 Å². The lowest BCUT2D eigenvalue weighted by Gasteiger charge is -2.44. The second-order valence-electron chi connectivity index (χ2n) is 11.0. The van der Waals surface area contributed by atoms with Gasteiger partial charge in [-0.3, -0.25) is 14.4 Å². The quantitative estimate of drug-likeness (QED) is 0.329. The Balaban J connectivity index is 1.38. The van der Waals surface area contributed by atoms with Gasteiger partial charge < -0.3 is 24.4 Å². The maximum atomic E-state index is 9.81. The fourth-order valence-electron chi connectivity index (χ4n) is 5.75. The Labute approximate surface area is 233 Å². The van der Waals surface area contributed by atoms with Crippen LogP contribution in [0.2, 0.25) is 0 Å². The summed E-state index contributed by atoms with van der Waals surface area (Å²) < 4.78 is 9.80. The maximum Gasteiger partial charge on any atom is 0.239 e. The van der Waals surface area contributed by atoms with Crippen molar-refractivity contribution in [1.29, 1.82) is 0 Å². The summed E-state index contributed by atoms with van der Waals surface area (Å²) in [5, 5.41) is 19.6. The number of nitrogens with zero attached hydrogens (tertiary/aromatic N) is 9. The van der Waals surface area contributed by atoms with Gasteiger partial charge >= 0.3 is 0 Å². The molecule has 4 aromatic rings. The molecule has 214 valence electrons. The fourth-order valence-corrected chi connectivity index (χ4v) is 5.75. The molecule has 0 atom stereocenters. The van der Waals surface area contributed by atoms with E-state index in [0.29, 0.717) is 25.7 Å². The first-order valence-corrected chi connectivity index (χ1v) is 14.2. The molecule has 1 aromatic carbocycles. The molecule has 2 fully saturated rings. The smallest absolute Gasteiger partial charge is 0.239 e. The Bertz CT molecular complexity index is 1480. The van der Waals surface area contributed by atoms with Gasteiger partial charge in [0.15, 0.2) is 17.0 Å². The zero-order valence-corrected chi connectivity index (χ0v) is 23.6. The topological polar surface area (TPSA) is 121 Å². The minimum Gasteiger partial charge on any atom is -0.394 e. The average Bonchev–Trinajstić information content (AvgIpc) is 3.54. The molecule has 0 aliphatic carbocycles. The van der Waals surface area contributed by atoms with Gasteiger partial charge in [-0.2, -0.15) is 9.97 Å². The third-order valence-electron chi connectivity index (χ3n) is 8.42. The number of hydrogen-bond acceptors (Lipinski definition) is 10. The number of hydrogen-bond donors (Lipinski definition) is 2. The Morgan fingerprint density at radius 3 is 2.33 bits per heavy atom. The first-order valence-electron chi connectivity index (χ1n) is 14.2. The number of fused-ring (bicyclic) bond motifs is 2. The van der Waals surface area contributed by atoms with Crippen LogP contribution in [0.1, 0.15) is 25.5 Å². The number of ether oxygens (including phenoxy) is 1. The number of rotatable bonds is 8. The summed E-state index contributed by atoms with van der Waals surface area (Å²) in [4.78, 5) is 27.0. The average molecular weight is 550 g/mol. The van der Waals surface area contributed by atoms with Gasteiger partial charge in [0.2, 0.25) is 5.95 Å². The van der Waals surface area contributed by atoms with E-state index < -0.39 is 5.54 Å². The lowest BCUT2D eigenvalue weighted by atomic mass is 10.0. The molecular weight excluding hydrogens is 510 g/mol. The van der Waals surface area contributed by atoms with E-state index in [-0.39, 0.29) is 13.2 Å². The van der Waals surface area contributed by atoms with Crippen LogP contribution in [0.4, 0.5) is 5.82 Å². The molecule has 6 rings (SSSR count). The van der Waals surface area contributed by atoms with Crippen LogP contribution in [0.25, 0.3) is 28.1 Å². The van der Waals surface area contributed by atoms with Gasteiger partial charge in [-0.1, -0.05) is 19.1 Å². The first-order chi connectivity index (χ1) is 19.5. The number of para-hydroxylation sites is 2. The second kappa shape index (κ2) is 11.0. The highest BCUT2D eigenvalue weighted by Crippen LogP contribution is 2.29. The molecule has 0 bridgehead atoms. The number of aliphatic hydroxyl groups is 2. The van der Waals surface area contributed by atoms with Crippen molar-refractivity contribution in [3.05, 3.63) is 35.9 Å². The predicted octanol–water partition coefficient (Wildman–Crippen LogP) is 0.962. The second-order valence-corrected chi connectivity index (χ2v) is 11.0. The van der Waals surface area contributed by atoms with Crippen LogP contribution < -0.4 is 4.90 Å². The van der Waals surface area contributed by atoms with Gasteiger partial charge in [0.1, 0.15) is 11.6 Å². The van der Waals surface area contributed by atoms with Crippen molar-refractivity contribution in [2.45, 2.75) is 32.4 Å². The summed E-state index contributed by atoms with van der Waals surface area (Å²) >= 11 is 0. The first kappa shape index (κ1) is 27.0. The normalized spacial score (nSPS) is 17.9. The highest BCUT2D eigenvalue weighted by atomic mass is 16.5. The zero-order valence-electron chi connectivity index (χ0n) is 23.6. The van der Waals surface area contributed by atoms with Crippen molar-refractivity contribution >= 4 is 28.0 Å². The van der Waals surface area contributed by atoms with Gasteiger partial charge in [0.05, 0.1) is 49.5 Å². The number of anilines is 1. The van der Waals surface area contributed by atoms with Crippen molar-refractivity contribution in [3.8, 4) is 5.95 Å². The van der Waals surface area contributed by atoms with Crippen LogP contribution >= 0.6 is 0 Å². The van der Waals surface area contributed by atoms with Crippen LogP contribution in [-0.2, 0) is 24.8 Å².